The molecule has 30 heavy (non-hydrogen) atoms. The Hall–Kier alpha value is -2.43. The summed E-state index contributed by atoms with van der Waals surface area (Å²) in [7, 11) is 0. The number of nitrogens with two attached hydrogens (primary N) is 1. The number of piperidine rings is 1. The van der Waals surface area contributed by atoms with Crippen LogP contribution in [-0.2, 0) is 11.3 Å². The number of amides is 1. The molecule has 1 saturated carbocycles. The number of hydrogen-bond acceptors (Lipinski definition) is 4. The molecule has 4 rings (SSSR count). The van der Waals surface area contributed by atoms with Gasteiger partial charge in [-0.3, -0.25) is 4.79 Å². The lowest BCUT2D eigenvalue weighted by molar-refractivity contribution is -0.162. The lowest BCUT2D eigenvalue weighted by Crippen LogP contribution is -2.50. The van der Waals surface area contributed by atoms with Gasteiger partial charge in [0.15, 0.2) is 0 Å². The van der Waals surface area contributed by atoms with E-state index in [-0.39, 0.29) is 31.0 Å². The van der Waals surface area contributed by atoms with Gasteiger partial charge in [-0.25, -0.2) is 13.8 Å². The third-order valence-electron chi connectivity index (χ3n) is 5.49. The number of nitrogens with zero attached hydrogens (tertiary/aromatic N) is 4. The van der Waals surface area contributed by atoms with Crippen LogP contribution in [0.25, 0.3) is 11.0 Å². The number of halogens is 5. The Balaban J connectivity index is 1.68. The van der Waals surface area contributed by atoms with E-state index in [0.29, 0.717) is 18.4 Å². The SMILES string of the molecule is N[C@@H]1CN(c2nc3ccc(F)cc3n2CC(=O)N(CC(F)(F)F)C2CC2)CC[C@H]1F. The first kappa shape index (κ1) is 20.8. The average molecular weight is 431 g/mol. The van der Waals surface area contributed by atoms with Crippen LogP contribution in [0.5, 0.6) is 0 Å². The minimum atomic E-state index is -4.51. The number of alkyl halides is 4. The number of anilines is 1. The standard InChI is InChI=1S/C19H22F5N5O/c20-11-1-4-15-16(7-11)28(18(26-15)27-6-5-13(21)14(25)8-27)9-17(30)29(12-2-3-12)10-19(22,23)24/h1,4,7,12-14H,2-3,5-6,8-10,25H2/t13-,14-/m1/s1. The van der Waals surface area contributed by atoms with E-state index in [4.69, 9.17) is 5.73 Å². The third kappa shape index (κ3) is 4.35. The van der Waals surface area contributed by atoms with Gasteiger partial charge in [-0.2, -0.15) is 13.2 Å². The summed E-state index contributed by atoms with van der Waals surface area (Å²) in [6.07, 6.45) is -4.48. The summed E-state index contributed by atoms with van der Waals surface area (Å²) in [4.78, 5) is 19.8. The molecule has 0 bridgehead atoms. The van der Waals surface area contributed by atoms with E-state index in [9.17, 15) is 26.7 Å². The Kier molecular flexibility index (Phi) is 5.33. The van der Waals surface area contributed by atoms with Gasteiger partial charge in [-0.15, -0.1) is 0 Å². The molecule has 2 fully saturated rings. The molecular weight excluding hydrogens is 409 g/mol. The molecule has 1 aliphatic heterocycles. The number of hydrogen-bond donors (Lipinski definition) is 1. The Labute approximate surface area is 169 Å². The monoisotopic (exact) mass is 431 g/mol. The maximum Gasteiger partial charge on any atom is 0.406 e. The van der Waals surface area contributed by atoms with E-state index >= 15 is 0 Å². The van der Waals surface area contributed by atoms with E-state index in [1.807, 2.05) is 0 Å². The molecule has 0 radical (unpaired) electrons. The molecule has 1 amide bonds. The number of imidazole rings is 1. The molecule has 164 valence electrons. The first-order valence-corrected chi connectivity index (χ1v) is 9.79. The van der Waals surface area contributed by atoms with E-state index in [2.05, 4.69) is 4.98 Å². The van der Waals surface area contributed by atoms with Crippen molar-refractivity contribution in [2.75, 3.05) is 24.5 Å². The molecule has 2 N–H and O–H groups in total. The van der Waals surface area contributed by atoms with Crippen molar-refractivity contribution in [3.05, 3.63) is 24.0 Å². The second-order valence-electron chi connectivity index (χ2n) is 7.91. The zero-order chi connectivity index (χ0) is 21.6. The number of carbonyl (C=O) groups is 1. The van der Waals surface area contributed by atoms with Crippen LogP contribution < -0.4 is 10.6 Å². The summed E-state index contributed by atoms with van der Waals surface area (Å²) < 4.78 is 68.0. The van der Waals surface area contributed by atoms with Gasteiger partial charge >= 0.3 is 6.18 Å². The molecule has 1 aromatic heterocycles. The van der Waals surface area contributed by atoms with E-state index in [1.54, 1.807) is 4.90 Å². The highest BCUT2D eigenvalue weighted by Gasteiger charge is 2.41. The predicted molar refractivity (Wildman–Crippen MR) is 100 cm³/mol. The van der Waals surface area contributed by atoms with Crippen LogP contribution in [0, 0.1) is 5.82 Å². The smallest absolute Gasteiger partial charge is 0.340 e. The van der Waals surface area contributed by atoms with Gasteiger partial charge in [0.25, 0.3) is 0 Å². The van der Waals surface area contributed by atoms with Crippen LogP contribution in [0.3, 0.4) is 0 Å². The van der Waals surface area contributed by atoms with E-state index in [0.717, 1.165) is 4.90 Å². The molecule has 11 heteroatoms. The van der Waals surface area contributed by atoms with Crippen LogP contribution in [0.1, 0.15) is 19.3 Å². The molecule has 0 unspecified atom stereocenters. The largest absolute Gasteiger partial charge is 0.406 e. The van der Waals surface area contributed by atoms with Crippen molar-refractivity contribution in [3.8, 4) is 0 Å². The number of fused-ring (bicyclic) bond motifs is 1. The highest BCUT2D eigenvalue weighted by molar-refractivity contribution is 5.83. The van der Waals surface area contributed by atoms with Crippen molar-refractivity contribution in [3.63, 3.8) is 0 Å². The molecule has 2 aromatic rings. The molecule has 2 heterocycles. The van der Waals surface area contributed by atoms with E-state index < -0.39 is 49.2 Å². The van der Waals surface area contributed by atoms with Crippen molar-refractivity contribution < 1.29 is 26.7 Å². The summed E-state index contributed by atoms with van der Waals surface area (Å²) in [6, 6.07) is 2.64. The fourth-order valence-corrected chi connectivity index (χ4v) is 3.84. The van der Waals surface area contributed by atoms with Crippen LogP contribution in [0.2, 0.25) is 0 Å². The van der Waals surface area contributed by atoms with Gasteiger partial charge < -0.3 is 20.1 Å². The van der Waals surface area contributed by atoms with Gasteiger partial charge in [0.1, 0.15) is 25.1 Å². The van der Waals surface area contributed by atoms with Crippen LogP contribution in [0.15, 0.2) is 18.2 Å². The fraction of sp³-hybridized carbons (Fsp3) is 0.579. The van der Waals surface area contributed by atoms with E-state index in [1.165, 1.54) is 22.8 Å². The molecule has 2 aliphatic rings. The lowest BCUT2D eigenvalue weighted by Gasteiger charge is -2.34. The Morgan fingerprint density at radius 1 is 1.27 bits per heavy atom. The number of benzene rings is 1. The number of rotatable bonds is 5. The first-order valence-electron chi connectivity index (χ1n) is 9.79. The van der Waals surface area contributed by atoms with Crippen LogP contribution in [0.4, 0.5) is 27.9 Å². The van der Waals surface area contributed by atoms with Crippen molar-refractivity contribution in [2.45, 2.75) is 50.2 Å². The summed E-state index contributed by atoms with van der Waals surface area (Å²) in [5.41, 5.74) is 6.51. The maximum atomic E-state index is 13.9. The Bertz CT molecular complexity index is 941. The van der Waals surface area contributed by atoms with Crippen LogP contribution in [-0.4, -0.2) is 64.4 Å². The summed E-state index contributed by atoms with van der Waals surface area (Å²) in [5.74, 6) is -1.01. The minimum absolute atomic E-state index is 0.135. The second kappa shape index (κ2) is 7.68. The van der Waals surface area contributed by atoms with Crippen molar-refractivity contribution >= 4 is 22.9 Å². The molecule has 2 atom stereocenters. The van der Waals surface area contributed by atoms with Crippen molar-refractivity contribution in [2.24, 2.45) is 5.73 Å². The topological polar surface area (TPSA) is 67.4 Å². The molecule has 1 aliphatic carbocycles. The molecule has 0 spiro atoms. The summed E-state index contributed by atoms with van der Waals surface area (Å²) in [6.45, 7) is -1.34. The zero-order valence-corrected chi connectivity index (χ0v) is 16.1. The lowest BCUT2D eigenvalue weighted by atomic mass is 10.1. The van der Waals surface area contributed by atoms with Crippen LogP contribution >= 0.6 is 0 Å². The second-order valence-corrected chi connectivity index (χ2v) is 7.91. The molecule has 1 aromatic carbocycles. The quantitative estimate of drug-likeness (QED) is 0.740. The Morgan fingerprint density at radius 3 is 2.63 bits per heavy atom. The Morgan fingerprint density at radius 2 is 2.00 bits per heavy atom. The number of aromatic nitrogens is 2. The molecule has 1 saturated heterocycles. The van der Waals surface area contributed by atoms with Crippen molar-refractivity contribution in [1.29, 1.82) is 0 Å². The van der Waals surface area contributed by atoms with Gasteiger partial charge in [0, 0.05) is 19.1 Å². The summed E-state index contributed by atoms with van der Waals surface area (Å²) >= 11 is 0. The fourth-order valence-electron chi connectivity index (χ4n) is 3.84. The first-order chi connectivity index (χ1) is 14.1. The van der Waals surface area contributed by atoms with Gasteiger partial charge in [-0.05, 0) is 37.5 Å². The molecular formula is C19H22F5N5O. The molecule has 6 nitrogen and oxygen atoms in total. The maximum absolute atomic E-state index is 13.9. The highest BCUT2D eigenvalue weighted by atomic mass is 19.4. The minimum Gasteiger partial charge on any atom is -0.340 e. The van der Waals surface area contributed by atoms with Crippen molar-refractivity contribution in [1.82, 2.24) is 14.5 Å². The average Bonchev–Trinajstić information content (AvgIpc) is 3.45. The summed E-state index contributed by atoms with van der Waals surface area (Å²) in [5, 5.41) is 0. The predicted octanol–water partition coefficient (Wildman–Crippen LogP) is 2.60. The highest BCUT2D eigenvalue weighted by Crippen LogP contribution is 2.32. The normalized spacial score (nSPS) is 22.5. The zero-order valence-electron chi connectivity index (χ0n) is 16.1. The number of carbonyl (C=O) groups excluding carboxylic acids is 1. The third-order valence-corrected chi connectivity index (χ3v) is 5.49. The van der Waals surface area contributed by atoms with Gasteiger partial charge in [0.2, 0.25) is 11.9 Å². The van der Waals surface area contributed by atoms with Gasteiger partial charge in [-0.1, -0.05) is 0 Å². The van der Waals surface area contributed by atoms with Gasteiger partial charge in [0.05, 0.1) is 17.1 Å².